The summed E-state index contributed by atoms with van der Waals surface area (Å²) >= 11 is 0. The number of aryl methyl sites for hydroxylation is 1. The van der Waals surface area contributed by atoms with Crippen molar-refractivity contribution < 1.29 is 17.5 Å². The predicted octanol–water partition coefficient (Wildman–Crippen LogP) is 3.18. The molecular formula is C17H17FN2O3S. The fourth-order valence-electron chi connectivity index (χ4n) is 2.56. The molecule has 0 fully saturated rings. The Labute approximate surface area is 139 Å². The van der Waals surface area contributed by atoms with Gasteiger partial charge < -0.3 is 9.30 Å². The summed E-state index contributed by atoms with van der Waals surface area (Å²) in [7, 11) is -3.29. The third kappa shape index (κ3) is 3.26. The van der Waals surface area contributed by atoms with Gasteiger partial charge in [-0.05, 0) is 37.3 Å². The van der Waals surface area contributed by atoms with E-state index in [0.29, 0.717) is 23.6 Å². The minimum atomic E-state index is -3.29. The van der Waals surface area contributed by atoms with Crippen LogP contribution in [0.4, 0.5) is 4.39 Å². The summed E-state index contributed by atoms with van der Waals surface area (Å²) in [6, 6.07) is 10.8. The van der Waals surface area contributed by atoms with Gasteiger partial charge in [-0.2, -0.15) is 0 Å². The van der Waals surface area contributed by atoms with Crippen LogP contribution in [0.15, 0.2) is 47.4 Å². The van der Waals surface area contributed by atoms with Gasteiger partial charge >= 0.3 is 0 Å². The van der Waals surface area contributed by atoms with E-state index in [1.807, 2.05) is 11.5 Å². The molecule has 1 aromatic heterocycles. The number of nitrogens with zero attached hydrogens (tertiary/aromatic N) is 2. The number of ether oxygens (including phenoxy) is 1. The molecule has 0 aliphatic rings. The molecule has 3 rings (SSSR count). The molecule has 1 heterocycles. The van der Waals surface area contributed by atoms with Crippen molar-refractivity contribution >= 4 is 20.9 Å². The van der Waals surface area contributed by atoms with Gasteiger partial charge in [0.15, 0.2) is 9.84 Å². The Bertz CT molecular complexity index is 996. The molecule has 0 unspecified atom stereocenters. The van der Waals surface area contributed by atoms with Crippen LogP contribution in [0, 0.1) is 5.82 Å². The van der Waals surface area contributed by atoms with Gasteiger partial charge in [-0.3, -0.25) is 0 Å². The number of hydrogen-bond acceptors (Lipinski definition) is 4. The van der Waals surface area contributed by atoms with Gasteiger partial charge in [0.2, 0.25) is 0 Å². The monoisotopic (exact) mass is 348 g/mol. The van der Waals surface area contributed by atoms with Gasteiger partial charge in [0, 0.05) is 18.9 Å². The minimum absolute atomic E-state index is 0.164. The van der Waals surface area contributed by atoms with Gasteiger partial charge in [0.1, 0.15) is 24.0 Å². The zero-order valence-corrected chi connectivity index (χ0v) is 14.2. The Morgan fingerprint density at radius 3 is 2.71 bits per heavy atom. The quantitative estimate of drug-likeness (QED) is 0.710. The molecule has 0 aliphatic heterocycles. The van der Waals surface area contributed by atoms with Gasteiger partial charge in [-0.15, -0.1) is 0 Å². The standard InChI is InChI=1S/C17H17FN2O3S/c1-3-20-16-8-7-12(18)9-15(16)19-17(20)11-23-13-5-4-6-14(10-13)24(2,21)22/h4-10H,3,11H2,1-2H3. The number of aromatic nitrogens is 2. The molecule has 0 atom stereocenters. The molecule has 0 amide bonds. The van der Waals surface area contributed by atoms with Crippen LogP contribution < -0.4 is 4.74 Å². The molecule has 0 spiro atoms. The lowest BCUT2D eigenvalue weighted by Gasteiger charge is -2.09. The van der Waals surface area contributed by atoms with Gasteiger partial charge in [-0.1, -0.05) is 6.07 Å². The molecule has 3 aromatic rings. The average molecular weight is 348 g/mol. The van der Waals surface area contributed by atoms with Crippen LogP contribution >= 0.6 is 0 Å². The highest BCUT2D eigenvalue weighted by Gasteiger charge is 2.12. The second-order valence-corrected chi connectivity index (χ2v) is 7.46. The van der Waals surface area contributed by atoms with E-state index in [-0.39, 0.29) is 17.3 Å². The molecule has 24 heavy (non-hydrogen) atoms. The SMILES string of the molecule is CCn1c(COc2cccc(S(C)(=O)=O)c2)nc2cc(F)ccc21. The van der Waals surface area contributed by atoms with E-state index in [2.05, 4.69) is 4.98 Å². The molecular weight excluding hydrogens is 331 g/mol. The summed E-state index contributed by atoms with van der Waals surface area (Å²) in [5.74, 6) is 0.762. The van der Waals surface area contributed by atoms with Gasteiger partial charge in [0.25, 0.3) is 0 Å². The summed E-state index contributed by atoms with van der Waals surface area (Å²) in [5.41, 5.74) is 1.41. The second kappa shape index (κ2) is 6.24. The Balaban J connectivity index is 1.88. The molecule has 5 nitrogen and oxygen atoms in total. The maximum atomic E-state index is 13.4. The van der Waals surface area contributed by atoms with Gasteiger partial charge in [0.05, 0.1) is 15.9 Å². The first-order valence-corrected chi connectivity index (χ1v) is 9.35. The lowest BCUT2D eigenvalue weighted by Crippen LogP contribution is -2.06. The lowest BCUT2D eigenvalue weighted by molar-refractivity contribution is 0.290. The van der Waals surface area contributed by atoms with E-state index in [1.165, 1.54) is 24.3 Å². The summed E-state index contributed by atoms with van der Waals surface area (Å²) in [6.45, 7) is 2.81. The van der Waals surface area contributed by atoms with Crippen LogP contribution in [0.5, 0.6) is 5.75 Å². The van der Waals surface area contributed by atoms with Crippen molar-refractivity contribution in [2.45, 2.75) is 25.0 Å². The van der Waals surface area contributed by atoms with Crippen molar-refractivity contribution in [3.63, 3.8) is 0 Å². The lowest BCUT2D eigenvalue weighted by atomic mass is 10.3. The second-order valence-electron chi connectivity index (χ2n) is 5.44. The van der Waals surface area contributed by atoms with Crippen molar-refractivity contribution in [3.05, 3.63) is 54.1 Å². The first-order chi connectivity index (χ1) is 11.4. The third-order valence-corrected chi connectivity index (χ3v) is 4.82. The summed E-state index contributed by atoms with van der Waals surface area (Å²) in [6.07, 6.45) is 1.15. The van der Waals surface area contributed by atoms with E-state index >= 15 is 0 Å². The van der Waals surface area contributed by atoms with Crippen LogP contribution in [0.1, 0.15) is 12.7 Å². The predicted molar refractivity (Wildman–Crippen MR) is 89.2 cm³/mol. The zero-order valence-electron chi connectivity index (χ0n) is 13.4. The van der Waals surface area contributed by atoms with Gasteiger partial charge in [-0.25, -0.2) is 17.8 Å². The Morgan fingerprint density at radius 2 is 2.00 bits per heavy atom. The van der Waals surface area contributed by atoms with Crippen molar-refractivity contribution in [2.75, 3.05) is 6.26 Å². The molecule has 0 N–H and O–H groups in total. The van der Waals surface area contributed by atoms with E-state index in [0.717, 1.165) is 11.8 Å². The molecule has 7 heteroatoms. The normalized spacial score (nSPS) is 11.8. The number of fused-ring (bicyclic) bond motifs is 1. The summed E-state index contributed by atoms with van der Waals surface area (Å²) < 4.78 is 44.2. The highest BCUT2D eigenvalue weighted by molar-refractivity contribution is 7.90. The number of hydrogen-bond donors (Lipinski definition) is 0. The van der Waals surface area contributed by atoms with Crippen LogP contribution in [0.25, 0.3) is 11.0 Å². The first kappa shape index (κ1) is 16.4. The molecule has 0 bridgehead atoms. The molecule has 0 saturated heterocycles. The summed E-state index contributed by atoms with van der Waals surface area (Å²) in [4.78, 5) is 4.61. The van der Waals surface area contributed by atoms with E-state index < -0.39 is 9.84 Å². The molecule has 2 aromatic carbocycles. The topological polar surface area (TPSA) is 61.2 Å². The number of sulfone groups is 1. The zero-order chi connectivity index (χ0) is 17.3. The first-order valence-electron chi connectivity index (χ1n) is 7.46. The molecule has 0 aliphatic carbocycles. The Kier molecular flexibility index (Phi) is 4.28. The number of halogens is 1. The molecule has 0 radical (unpaired) electrons. The maximum Gasteiger partial charge on any atom is 0.175 e. The van der Waals surface area contributed by atoms with Crippen LogP contribution in [0.3, 0.4) is 0 Å². The fourth-order valence-corrected chi connectivity index (χ4v) is 3.21. The van der Waals surface area contributed by atoms with E-state index in [4.69, 9.17) is 4.74 Å². The highest BCUT2D eigenvalue weighted by atomic mass is 32.2. The van der Waals surface area contributed by atoms with Crippen molar-refractivity contribution in [3.8, 4) is 5.75 Å². The van der Waals surface area contributed by atoms with Crippen LogP contribution in [0.2, 0.25) is 0 Å². The molecule has 126 valence electrons. The van der Waals surface area contributed by atoms with E-state index in [9.17, 15) is 12.8 Å². The average Bonchev–Trinajstić information content (AvgIpc) is 2.88. The molecule has 0 saturated carbocycles. The van der Waals surface area contributed by atoms with Crippen molar-refractivity contribution in [1.82, 2.24) is 9.55 Å². The van der Waals surface area contributed by atoms with Crippen LogP contribution in [-0.2, 0) is 23.0 Å². The Morgan fingerprint density at radius 1 is 1.21 bits per heavy atom. The third-order valence-electron chi connectivity index (χ3n) is 3.71. The van der Waals surface area contributed by atoms with E-state index in [1.54, 1.807) is 18.2 Å². The largest absolute Gasteiger partial charge is 0.486 e. The smallest absolute Gasteiger partial charge is 0.175 e. The van der Waals surface area contributed by atoms with Crippen molar-refractivity contribution in [1.29, 1.82) is 0 Å². The Hall–Kier alpha value is -2.41. The van der Waals surface area contributed by atoms with Crippen LogP contribution in [-0.4, -0.2) is 24.2 Å². The number of benzene rings is 2. The maximum absolute atomic E-state index is 13.4. The number of rotatable bonds is 5. The number of imidazole rings is 1. The van der Waals surface area contributed by atoms with Crippen molar-refractivity contribution in [2.24, 2.45) is 0 Å². The highest BCUT2D eigenvalue weighted by Crippen LogP contribution is 2.21. The fraction of sp³-hybridized carbons (Fsp3) is 0.235. The summed E-state index contributed by atoms with van der Waals surface area (Å²) in [5, 5.41) is 0. The minimum Gasteiger partial charge on any atom is -0.486 e.